The lowest BCUT2D eigenvalue weighted by molar-refractivity contribution is 0.0315. The average molecular weight is 398 g/mol. The molecule has 0 unspecified atom stereocenters. The Labute approximate surface area is 165 Å². The van der Waals surface area contributed by atoms with E-state index in [1.165, 1.54) is 12.1 Å². The molecule has 0 fully saturated rings. The minimum absolute atomic E-state index is 0.0753. The molecule has 2 rings (SSSR count). The molecule has 0 aromatic heterocycles. The molecule has 4 nitrogen and oxygen atoms in total. The van der Waals surface area contributed by atoms with Crippen molar-refractivity contribution in [1.82, 2.24) is 5.48 Å². The van der Waals surface area contributed by atoms with Crippen LogP contribution in [0.4, 0.5) is 24.5 Å². The van der Waals surface area contributed by atoms with Crippen LogP contribution < -0.4 is 10.8 Å². The van der Waals surface area contributed by atoms with Gasteiger partial charge in [-0.1, -0.05) is 40.7 Å². The van der Waals surface area contributed by atoms with Gasteiger partial charge in [-0.15, -0.1) is 0 Å². The van der Waals surface area contributed by atoms with Crippen LogP contribution in [0.2, 0.25) is 0 Å². The first kappa shape index (κ1) is 25.5. The van der Waals surface area contributed by atoms with E-state index in [1.807, 2.05) is 34.6 Å². The van der Waals surface area contributed by atoms with Gasteiger partial charge < -0.3 is 5.32 Å². The Hall–Kier alpha value is -2.54. The molecule has 28 heavy (non-hydrogen) atoms. The van der Waals surface area contributed by atoms with Gasteiger partial charge in [0.25, 0.3) is 5.91 Å². The van der Waals surface area contributed by atoms with Crippen molar-refractivity contribution in [3.8, 4) is 0 Å². The van der Waals surface area contributed by atoms with Gasteiger partial charge in [-0.3, -0.25) is 9.63 Å². The molecule has 2 N–H and O–H groups in total. The number of amides is 1. The third-order valence-electron chi connectivity index (χ3n) is 3.19. The number of anilines is 2. The highest BCUT2D eigenvalue weighted by molar-refractivity contribution is 5.99. The zero-order valence-electron chi connectivity index (χ0n) is 17.3. The van der Waals surface area contributed by atoms with Crippen LogP contribution in [0, 0.1) is 24.4 Å². The van der Waals surface area contributed by atoms with Crippen LogP contribution in [0.1, 0.15) is 57.0 Å². The minimum atomic E-state index is -1.28. The molecule has 0 bridgehead atoms. The highest BCUT2D eigenvalue weighted by Crippen LogP contribution is 2.28. The molecular formula is C21H29F3N2O2. The topological polar surface area (TPSA) is 50.4 Å². The van der Waals surface area contributed by atoms with Crippen LogP contribution in [-0.4, -0.2) is 12.5 Å². The van der Waals surface area contributed by atoms with Crippen LogP contribution in [0.25, 0.3) is 0 Å². The number of benzene rings is 2. The van der Waals surface area contributed by atoms with Crippen LogP contribution in [-0.2, 0) is 4.84 Å². The van der Waals surface area contributed by atoms with Crippen LogP contribution in [0.15, 0.2) is 30.3 Å². The van der Waals surface area contributed by atoms with Crippen molar-refractivity contribution in [2.24, 2.45) is 0 Å². The Bertz CT molecular complexity index is 753. The summed E-state index contributed by atoms with van der Waals surface area (Å²) >= 11 is 0. The Balaban J connectivity index is 0.00000171. The van der Waals surface area contributed by atoms with Crippen molar-refractivity contribution >= 4 is 17.3 Å². The minimum Gasteiger partial charge on any atom is -0.350 e. The maximum Gasteiger partial charge on any atom is 0.277 e. The molecule has 1 amide bonds. The molecular weight excluding hydrogens is 369 g/mol. The zero-order valence-corrected chi connectivity index (χ0v) is 17.3. The van der Waals surface area contributed by atoms with Gasteiger partial charge >= 0.3 is 0 Å². The number of hydrogen-bond acceptors (Lipinski definition) is 3. The summed E-state index contributed by atoms with van der Waals surface area (Å²) in [5.74, 6) is -3.85. The van der Waals surface area contributed by atoms with E-state index >= 15 is 0 Å². The predicted octanol–water partition coefficient (Wildman–Crippen LogP) is 6.28. The molecule has 7 heteroatoms. The van der Waals surface area contributed by atoms with Crippen molar-refractivity contribution in [2.45, 2.75) is 48.0 Å². The fraction of sp³-hybridized carbons (Fsp3) is 0.381. The second-order valence-corrected chi connectivity index (χ2v) is 5.17. The van der Waals surface area contributed by atoms with Gasteiger partial charge in [0.15, 0.2) is 11.6 Å². The summed E-state index contributed by atoms with van der Waals surface area (Å²) in [5.41, 5.74) is 2.06. The van der Waals surface area contributed by atoms with E-state index in [4.69, 9.17) is 4.84 Å². The number of carbonyl (C=O) groups excluding carboxylic acids is 1. The summed E-state index contributed by atoms with van der Waals surface area (Å²) in [4.78, 5) is 17.0. The van der Waals surface area contributed by atoms with Gasteiger partial charge in [-0.25, -0.2) is 18.7 Å². The first-order chi connectivity index (χ1) is 13.4. The Morgan fingerprint density at radius 1 is 1.00 bits per heavy atom. The molecule has 0 aliphatic rings. The quantitative estimate of drug-likeness (QED) is 0.445. The van der Waals surface area contributed by atoms with E-state index < -0.39 is 29.0 Å². The number of hydroxylamine groups is 1. The molecule has 0 aliphatic carbocycles. The normalized spacial score (nSPS) is 9.46. The second-order valence-electron chi connectivity index (χ2n) is 5.17. The number of halogens is 3. The van der Waals surface area contributed by atoms with Crippen molar-refractivity contribution < 1.29 is 22.8 Å². The monoisotopic (exact) mass is 398 g/mol. The van der Waals surface area contributed by atoms with Crippen LogP contribution >= 0.6 is 0 Å². The fourth-order valence-electron chi connectivity index (χ4n) is 1.99. The summed E-state index contributed by atoms with van der Waals surface area (Å²) in [6.45, 7) is 11.8. The van der Waals surface area contributed by atoms with Gasteiger partial charge in [-0.05, 0) is 43.2 Å². The predicted molar refractivity (Wildman–Crippen MR) is 107 cm³/mol. The van der Waals surface area contributed by atoms with E-state index in [0.717, 1.165) is 12.1 Å². The van der Waals surface area contributed by atoms with E-state index in [9.17, 15) is 18.0 Å². The van der Waals surface area contributed by atoms with Crippen molar-refractivity contribution in [3.63, 3.8) is 0 Å². The summed E-state index contributed by atoms with van der Waals surface area (Å²) < 4.78 is 41.6. The van der Waals surface area contributed by atoms with Crippen LogP contribution in [0.5, 0.6) is 0 Å². The maximum absolute atomic E-state index is 14.1. The molecule has 0 heterocycles. The number of rotatable bonds is 6. The molecule has 0 spiro atoms. The van der Waals surface area contributed by atoms with Crippen molar-refractivity contribution in [1.29, 1.82) is 0 Å². The molecule has 0 radical (unpaired) electrons. The second kappa shape index (κ2) is 13.6. The molecule has 0 aliphatic heterocycles. The number of hydrogen-bond donors (Lipinski definition) is 2. The highest BCUT2D eigenvalue weighted by Gasteiger charge is 2.20. The third-order valence-corrected chi connectivity index (χ3v) is 3.19. The highest BCUT2D eigenvalue weighted by atomic mass is 19.2. The van der Waals surface area contributed by atoms with Crippen LogP contribution in [0.3, 0.4) is 0 Å². The first-order valence-corrected chi connectivity index (χ1v) is 9.37. The molecule has 156 valence electrons. The lowest BCUT2D eigenvalue weighted by Gasteiger charge is -2.14. The standard InChI is InChI=1S/C17H17F3N2O2.2C2H6/c1-3-8-24-22-17(23)11-5-6-12(18)15(20)16(11)21-14-7-4-10(2)9-13(14)19;2*1-2/h4-7,9,21H,3,8H2,1-2H3,(H,22,23);2*1-2H3. The van der Waals surface area contributed by atoms with E-state index in [-0.39, 0.29) is 17.9 Å². The zero-order chi connectivity index (χ0) is 21.7. The summed E-state index contributed by atoms with van der Waals surface area (Å²) in [7, 11) is 0. The molecule has 0 saturated carbocycles. The van der Waals surface area contributed by atoms with Crippen molar-refractivity contribution in [2.75, 3.05) is 11.9 Å². The summed E-state index contributed by atoms with van der Waals surface area (Å²) in [5, 5.41) is 2.44. The number of aryl methyl sites for hydroxylation is 1. The smallest absolute Gasteiger partial charge is 0.277 e. The van der Waals surface area contributed by atoms with Gasteiger partial charge in [0.2, 0.25) is 0 Å². The van der Waals surface area contributed by atoms with E-state index in [1.54, 1.807) is 13.0 Å². The molecule has 0 atom stereocenters. The van der Waals surface area contributed by atoms with Crippen molar-refractivity contribution in [3.05, 3.63) is 58.9 Å². The summed E-state index contributed by atoms with van der Waals surface area (Å²) in [6, 6.07) is 6.14. The van der Waals surface area contributed by atoms with E-state index in [0.29, 0.717) is 12.0 Å². The summed E-state index contributed by atoms with van der Waals surface area (Å²) in [6.07, 6.45) is 0.664. The number of nitrogens with one attached hydrogen (secondary N) is 2. The third kappa shape index (κ3) is 7.23. The fourth-order valence-corrected chi connectivity index (χ4v) is 1.99. The lowest BCUT2D eigenvalue weighted by Crippen LogP contribution is -2.25. The van der Waals surface area contributed by atoms with E-state index in [2.05, 4.69) is 10.8 Å². The largest absolute Gasteiger partial charge is 0.350 e. The van der Waals surface area contributed by atoms with Gasteiger partial charge in [0.05, 0.1) is 23.5 Å². The molecule has 2 aromatic carbocycles. The maximum atomic E-state index is 14.1. The molecule has 0 saturated heterocycles. The van der Waals surface area contributed by atoms with Gasteiger partial charge in [-0.2, -0.15) is 0 Å². The SMILES string of the molecule is CC.CC.CCCONC(=O)c1ccc(F)c(F)c1Nc1ccc(C)cc1F. The average Bonchev–Trinajstić information content (AvgIpc) is 2.70. The Kier molecular flexibility index (Phi) is 12.4. The molecule has 2 aromatic rings. The lowest BCUT2D eigenvalue weighted by atomic mass is 10.1. The Morgan fingerprint density at radius 2 is 1.64 bits per heavy atom. The van der Waals surface area contributed by atoms with Gasteiger partial charge in [0, 0.05) is 0 Å². The Morgan fingerprint density at radius 3 is 2.21 bits per heavy atom. The number of carbonyl (C=O) groups is 1. The van der Waals surface area contributed by atoms with Gasteiger partial charge in [0.1, 0.15) is 5.82 Å². The first-order valence-electron chi connectivity index (χ1n) is 9.37.